The highest BCUT2D eigenvalue weighted by Gasteiger charge is 2.31. The second-order valence-corrected chi connectivity index (χ2v) is 6.52. The highest BCUT2D eigenvalue weighted by Crippen LogP contribution is 2.32. The Morgan fingerprint density at radius 3 is 2.26 bits per heavy atom. The summed E-state index contributed by atoms with van der Waals surface area (Å²) < 4.78 is 38.4. The van der Waals surface area contributed by atoms with E-state index in [2.05, 4.69) is 5.32 Å². The predicted octanol–water partition coefficient (Wildman–Crippen LogP) is 4.58. The third kappa shape index (κ3) is 4.79. The minimum Gasteiger partial charge on any atom is -0.364 e. The number of anilines is 2. The minimum absolute atomic E-state index is 0.104. The van der Waals surface area contributed by atoms with Gasteiger partial charge in [-0.05, 0) is 50.1 Å². The summed E-state index contributed by atoms with van der Waals surface area (Å²) in [7, 11) is 1.55. The second kappa shape index (κ2) is 7.70. The van der Waals surface area contributed by atoms with E-state index < -0.39 is 11.7 Å². The van der Waals surface area contributed by atoms with E-state index in [-0.39, 0.29) is 23.7 Å². The molecule has 2 aromatic carbocycles. The fourth-order valence-corrected chi connectivity index (χ4v) is 2.99. The Balaban J connectivity index is 2.19. The van der Waals surface area contributed by atoms with Gasteiger partial charge in [-0.25, -0.2) is 0 Å². The van der Waals surface area contributed by atoms with E-state index in [9.17, 15) is 23.2 Å². The first-order valence-electron chi connectivity index (χ1n) is 8.23. The van der Waals surface area contributed by atoms with Crippen LogP contribution < -0.4 is 10.2 Å². The molecule has 7 heteroatoms. The molecule has 2 aromatic rings. The van der Waals surface area contributed by atoms with Crippen LogP contribution in [0.1, 0.15) is 27.8 Å². The summed E-state index contributed by atoms with van der Waals surface area (Å²) in [5.41, 5.74) is 2.88. The van der Waals surface area contributed by atoms with Crippen molar-refractivity contribution < 1.29 is 18.0 Å². The molecule has 0 saturated heterocycles. The Labute approximate surface area is 156 Å². The van der Waals surface area contributed by atoms with Crippen molar-refractivity contribution in [3.8, 4) is 6.07 Å². The largest absolute Gasteiger partial charge is 0.416 e. The molecule has 1 amide bonds. The lowest BCUT2D eigenvalue weighted by atomic mass is 10.1. The maximum atomic E-state index is 12.8. The molecule has 0 fully saturated rings. The van der Waals surface area contributed by atoms with Gasteiger partial charge in [0, 0.05) is 12.7 Å². The van der Waals surface area contributed by atoms with Crippen molar-refractivity contribution in [2.24, 2.45) is 0 Å². The number of halogens is 3. The SMILES string of the molecule is Cc1cc(C)c(NC(=O)CN(C)c2ccc(C(F)(F)F)cc2C#N)c(C)c1. The molecule has 4 nitrogen and oxygen atoms in total. The molecule has 0 saturated carbocycles. The van der Waals surface area contributed by atoms with E-state index in [1.165, 1.54) is 11.0 Å². The quantitative estimate of drug-likeness (QED) is 0.851. The average molecular weight is 375 g/mol. The van der Waals surface area contributed by atoms with E-state index in [1.54, 1.807) is 13.1 Å². The van der Waals surface area contributed by atoms with E-state index in [0.717, 1.165) is 28.8 Å². The van der Waals surface area contributed by atoms with E-state index in [4.69, 9.17) is 0 Å². The molecule has 0 aliphatic heterocycles. The molecule has 0 bridgehead atoms. The predicted molar refractivity (Wildman–Crippen MR) is 98.7 cm³/mol. The Morgan fingerprint density at radius 1 is 1.15 bits per heavy atom. The zero-order chi connectivity index (χ0) is 20.4. The van der Waals surface area contributed by atoms with Gasteiger partial charge in [-0.15, -0.1) is 0 Å². The molecule has 0 aromatic heterocycles. The molecule has 1 N–H and O–H groups in total. The Hall–Kier alpha value is -3.01. The van der Waals surface area contributed by atoms with Crippen LogP contribution in [0.5, 0.6) is 0 Å². The number of nitrogens with one attached hydrogen (secondary N) is 1. The Morgan fingerprint density at radius 2 is 1.74 bits per heavy atom. The normalized spacial score (nSPS) is 11.0. The fourth-order valence-electron chi connectivity index (χ4n) is 2.99. The topological polar surface area (TPSA) is 56.1 Å². The highest BCUT2D eigenvalue weighted by atomic mass is 19.4. The van der Waals surface area contributed by atoms with Crippen molar-refractivity contribution in [3.05, 3.63) is 58.1 Å². The zero-order valence-electron chi connectivity index (χ0n) is 15.5. The average Bonchev–Trinajstić information content (AvgIpc) is 2.56. The van der Waals surface area contributed by atoms with Gasteiger partial charge >= 0.3 is 6.18 Å². The molecule has 27 heavy (non-hydrogen) atoms. The number of alkyl halides is 3. The number of hydrogen-bond acceptors (Lipinski definition) is 3. The van der Waals surface area contributed by atoms with Crippen LogP contribution in [0.3, 0.4) is 0 Å². The summed E-state index contributed by atoms with van der Waals surface area (Å²) in [5, 5.41) is 12.0. The monoisotopic (exact) mass is 375 g/mol. The molecular weight excluding hydrogens is 355 g/mol. The van der Waals surface area contributed by atoms with Gasteiger partial charge in [0.1, 0.15) is 6.07 Å². The van der Waals surface area contributed by atoms with Gasteiger partial charge < -0.3 is 10.2 Å². The lowest BCUT2D eigenvalue weighted by Crippen LogP contribution is -2.31. The lowest BCUT2D eigenvalue weighted by Gasteiger charge is -2.21. The summed E-state index contributed by atoms with van der Waals surface area (Å²) in [5.74, 6) is -0.323. The summed E-state index contributed by atoms with van der Waals surface area (Å²) in [6, 6.07) is 8.57. The van der Waals surface area contributed by atoms with Crippen LogP contribution in [-0.4, -0.2) is 19.5 Å². The third-order valence-corrected chi connectivity index (χ3v) is 4.18. The van der Waals surface area contributed by atoms with Crippen molar-refractivity contribution >= 4 is 17.3 Å². The first-order chi connectivity index (χ1) is 12.5. The number of carbonyl (C=O) groups excluding carboxylic acids is 1. The van der Waals surface area contributed by atoms with E-state index >= 15 is 0 Å². The Kier molecular flexibility index (Phi) is 5.79. The molecule has 0 atom stereocenters. The molecule has 0 unspecified atom stereocenters. The van der Waals surface area contributed by atoms with Crippen LogP contribution >= 0.6 is 0 Å². The minimum atomic E-state index is -4.53. The van der Waals surface area contributed by atoms with E-state index in [1.807, 2.05) is 32.9 Å². The highest BCUT2D eigenvalue weighted by molar-refractivity contribution is 5.95. The van der Waals surface area contributed by atoms with Gasteiger partial charge in [0.05, 0.1) is 23.4 Å². The molecule has 0 aliphatic carbocycles. The first kappa shape index (κ1) is 20.3. The van der Waals surface area contributed by atoms with Crippen LogP contribution in [-0.2, 0) is 11.0 Å². The fraction of sp³-hybridized carbons (Fsp3) is 0.300. The first-order valence-corrected chi connectivity index (χ1v) is 8.23. The van der Waals surface area contributed by atoms with Crippen LogP contribution in [0.4, 0.5) is 24.5 Å². The maximum absolute atomic E-state index is 12.8. The molecule has 0 radical (unpaired) electrons. The zero-order valence-corrected chi connectivity index (χ0v) is 15.5. The molecule has 142 valence electrons. The van der Waals surface area contributed by atoms with Crippen molar-refractivity contribution in [1.29, 1.82) is 5.26 Å². The summed E-state index contributed by atoms with van der Waals surface area (Å²) in [6.45, 7) is 5.64. The van der Waals surface area contributed by atoms with Crippen LogP contribution in [0, 0.1) is 32.1 Å². The Bertz CT molecular complexity index is 891. The molecule has 0 heterocycles. The third-order valence-electron chi connectivity index (χ3n) is 4.18. The van der Waals surface area contributed by atoms with Gasteiger partial charge in [0.25, 0.3) is 0 Å². The second-order valence-electron chi connectivity index (χ2n) is 6.52. The maximum Gasteiger partial charge on any atom is 0.416 e. The van der Waals surface area contributed by atoms with Gasteiger partial charge in [-0.1, -0.05) is 17.7 Å². The number of nitrogens with zero attached hydrogens (tertiary/aromatic N) is 2. The summed E-state index contributed by atoms with van der Waals surface area (Å²) in [6.07, 6.45) is -4.53. The van der Waals surface area contributed by atoms with Crippen LogP contribution in [0.25, 0.3) is 0 Å². The van der Waals surface area contributed by atoms with Crippen molar-refractivity contribution in [2.45, 2.75) is 26.9 Å². The number of amides is 1. The molecule has 2 rings (SSSR count). The number of likely N-dealkylation sites (N-methyl/N-ethyl adjacent to an activating group) is 1. The number of rotatable bonds is 4. The van der Waals surface area contributed by atoms with Crippen molar-refractivity contribution in [3.63, 3.8) is 0 Å². The van der Waals surface area contributed by atoms with Gasteiger partial charge in [0.15, 0.2) is 0 Å². The van der Waals surface area contributed by atoms with Crippen molar-refractivity contribution in [1.82, 2.24) is 0 Å². The molecule has 0 spiro atoms. The van der Waals surface area contributed by atoms with Gasteiger partial charge in [-0.2, -0.15) is 18.4 Å². The van der Waals surface area contributed by atoms with E-state index in [0.29, 0.717) is 5.69 Å². The van der Waals surface area contributed by atoms with Gasteiger partial charge in [-0.3, -0.25) is 4.79 Å². The molecule has 0 aliphatic rings. The van der Waals surface area contributed by atoms with Gasteiger partial charge in [0.2, 0.25) is 5.91 Å². The number of nitriles is 1. The number of carbonyl (C=O) groups is 1. The smallest absolute Gasteiger partial charge is 0.364 e. The van der Waals surface area contributed by atoms with Crippen LogP contribution in [0.2, 0.25) is 0 Å². The number of benzene rings is 2. The standard InChI is InChI=1S/C20H20F3N3O/c1-12-7-13(2)19(14(3)8-12)25-18(27)11-26(4)17-6-5-16(20(21,22)23)9-15(17)10-24/h5-9H,11H2,1-4H3,(H,25,27). The van der Waals surface area contributed by atoms with Crippen LogP contribution in [0.15, 0.2) is 30.3 Å². The molecular formula is C20H20F3N3O. The summed E-state index contributed by atoms with van der Waals surface area (Å²) >= 11 is 0. The summed E-state index contributed by atoms with van der Waals surface area (Å²) in [4.78, 5) is 13.8. The van der Waals surface area contributed by atoms with Crippen molar-refractivity contribution in [2.75, 3.05) is 23.8 Å². The number of hydrogen-bond donors (Lipinski definition) is 1. The lowest BCUT2D eigenvalue weighted by molar-refractivity contribution is -0.137. The number of aryl methyl sites for hydroxylation is 3.